The average molecular weight is 316 g/mol. The molecule has 0 radical (unpaired) electrons. The summed E-state index contributed by atoms with van der Waals surface area (Å²) >= 11 is 0.857. The van der Waals surface area contributed by atoms with Gasteiger partial charge in [-0.1, -0.05) is 0 Å². The van der Waals surface area contributed by atoms with Crippen molar-refractivity contribution in [2.24, 2.45) is 7.05 Å². The quantitative estimate of drug-likeness (QED) is 0.787. The molecule has 108 valence electrons. The largest absolute Gasteiger partial charge is 0.464 e. The summed E-state index contributed by atoms with van der Waals surface area (Å²) < 4.78 is 32.6. The molecule has 0 aliphatic heterocycles. The van der Waals surface area contributed by atoms with Gasteiger partial charge in [-0.15, -0.1) is 11.3 Å². The van der Waals surface area contributed by atoms with Crippen molar-refractivity contribution < 1.29 is 17.9 Å². The molecule has 2 rings (SSSR count). The molecule has 0 aliphatic carbocycles. The van der Waals surface area contributed by atoms with Crippen molar-refractivity contribution in [2.45, 2.75) is 10.8 Å². The zero-order valence-corrected chi connectivity index (χ0v) is 12.4. The molecule has 0 aliphatic rings. The Balaban J connectivity index is 2.21. The summed E-state index contributed by atoms with van der Waals surface area (Å²) in [5, 5.41) is 3.94. The average Bonchev–Trinajstić information content (AvgIpc) is 3.04. The fraction of sp³-hybridized carbons (Fsp3) is 0.300. The number of ether oxygens (including phenoxy) is 1. The van der Waals surface area contributed by atoms with Gasteiger partial charge in [-0.05, 0) is 6.07 Å². The number of sulfonamides is 1. The molecule has 20 heavy (non-hydrogen) atoms. The lowest BCUT2D eigenvalue weighted by Gasteiger charge is -2.06. The highest BCUT2D eigenvalue weighted by atomic mass is 32.2. The molecule has 0 atom stereocenters. The minimum absolute atomic E-state index is 0.0668. The molecule has 2 aromatic rings. The van der Waals surface area contributed by atoms with Gasteiger partial charge >= 0.3 is 5.97 Å². The molecule has 0 bridgehead atoms. The van der Waals surface area contributed by atoms with Gasteiger partial charge in [-0.25, -0.2) is 22.9 Å². The van der Waals surface area contributed by atoms with Gasteiger partial charge in [0.05, 0.1) is 24.9 Å². The maximum atomic E-state index is 12.2. The number of carbonyl (C=O) groups excluding carboxylic acids is 1. The Morgan fingerprint density at radius 1 is 1.55 bits per heavy atom. The topological polar surface area (TPSA) is 103 Å². The molecule has 10 heteroatoms. The molecule has 2 heterocycles. The molecule has 0 fully saturated rings. The van der Waals surface area contributed by atoms with Gasteiger partial charge in [0.2, 0.25) is 0 Å². The second kappa shape index (κ2) is 5.69. The number of esters is 1. The van der Waals surface area contributed by atoms with Crippen LogP contribution in [-0.2, 0) is 28.4 Å². The first-order chi connectivity index (χ1) is 9.45. The van der Waals surface area contributed by atoms with E-state index in [9.17, 15) is 13.2 Å². The third kappa shape index (κ3) is 2.86. The summed E-state index contributed by atoms with van der Waals surface area (Å²) in [4.78, 5) is 15.2. The fourth-order valence-electron chi connectivity index (χ4n) is 1.47. The predicted octanol–water partition coefficient (Wildman–Crippen LogP) is 0.142. The highest BCUT2D eigenvalue weighted by Crippen LogP contribution is 2.20. The van der Waals surface area contributed by atoms with Crippen LogP contribution in [0.2, 0.25) is 0 Å². The van der Waals surface area contributed by atoms with Crippen LogP contribution in [0.4, 0.5) is 0 Å². The number of methoxy groups -OCH3 is 1. The SMILES string of the molecule is COC(=O)c1ncsc1S(=O)(=O)NCc1ccnn1C. The van der Waals surface area contributed by atoms with Gasteiger partial charge < -0.3 is 4.74 Å². The van der Waals surface area contributed by atoms with Gasteiger partial charge in [0.25, 0.3) is 10.0 Å². The number of thiazole rings is 1. The van der Waals surface area contributed by atoms with Gasteiger partial charge in [-0.3, -0.25) is 4.68 Å². The van der Waals surface area contributed by atoms with Crippen LogP contribution in [0.3, 0.4) is 0 Å². The number of carbonyl (C=O) groups is 1. The van der Waals surface area contributed by atoms with Gasteiger partial charge in [0, 0.05) is 13.2 Å². The molecule has 2 aromatic heterocycles. The number of nitrogens with one attached hydrogen (secondary N) is 1. The third-order valence-corrected chi connectivity index (χ3v) is 5.29. The number of aryl methyl sites for hydroxylation is 1. The van der Waals surface area contributed by atoms with Crippen molar-refractivity contribution in [1.29, 1.82) is 0 Å². The molecule has 1 N–H and O–H groups in total. The molecule has 0 amide bonds. The highest BCUT2D eigenvalue weighted by molar-refractivity contribution is 7.91. The number of aromatic nitrogens is 3. The van der Waals surface area contributed by atoms with Crippen LogP contribution in [-0.4, -0.2) is 36.3 Å². The molecule has 0 saturated carbocycles. The van der Waals surface area contributed by atoms with Crippen LogP contribution in [0.1, 0.15) is 16.2 Å². The van der Waals surface area contributed by atoms with Crippen LogP contribution in [0.25, 0.3) is 0 Å². The van der Waals surface area contributed by atoms with E-state index in [1.807, 2.05) is 0 Å². The summed E-state index contributed by atoms with van der Waals surface area (Å²) in [6.07, 6.45) is 1.57. The van der Waals surface area contributed by atoms with E-state index in [4.69, 9.17) is 0 Å². The van der Waals surface area contributed by atoms with Gasteiger partial charge in [-0.2, -0.15) is 5.10 Å². The minimum Gasteiger partial charge on any atom is -0.464 e. The summed E-state index contributed by atoms with van der Waals surface area (Å²) in [5.74, 6) is -0.785. The Hall–Kier alpha value is -1.78. The van der Waals surface area contributed by atoms with E-state index in [2.05, 4.69) is 19.5 Å². The van der Waals surface area contributed by atoms with Crippen molar-refractivity contribution in [2.75, 3.05) is 7.11 Å². The van der Waals surface area contributed by atoms with E-state index in [1.54, 1.807) is 24.0 Å². The predicted molar refractivity (Wildman–Crippen MR) is 70.7 cm³/mol. The Morgan fingerprint density at radius 3 is 2.90 bits per heavy atom. The molecule has 0 spiro atoms. The highest BCUT2D eigenvalue weighted by Gasteiger charge is 2.26. The summed E-state index contributed by atoms with van der Waals surface area (Å²) in [6.45, 7) is 0.0668. The Labute approximate surface area is 119 Å². The van der Waals surface area contributed by atoms with Crippen molar-refractivity contribution in [1.82, 2.24) is 19.5 Å². The third-order valence-electron chi connectivity index (χ3n) is 2.52. The van der Waals surface area contributed by atoms with Crippen LogP contribution in [0, 0.1) is 0 Å². The second-order valence-electron chi connectivity index (χ2n) is 3.75. The number of rotatable bonds is 5. The zero-order chi connectivity index (χ0) is 14.8. The van der Waals surface area contributed by atoms with E-state index in [1.165, 1.54) is 12.6 Å². The lowest BCUT2D eigenvalue weighted by Crippen LogP contribution is -2.25. The van der Waals surface area contributed by atoms with Crippen molar-refractivity contribution in [3.05, 3.63) is 29.2 Å². The lowest BCUT2D eigenvalue weighted by molar-refractivity contribution is 0.0590. The fourth-order valence-corrected chi connectivity index (χ4v) is 3.64. The zero-order valence-electron chi connectivity index (χ0n) is 10.7. The van der Waals surface area contributed by atoms with Crippen LogP contribution < -0.4 is 4.72 Å². The summed E-state index contributed by atoms with van der Waals surface area (Å²) in [7, 11) is -0.959. The van der Waals surface area contributed by atoms with Crippen molar-refractivity contribution >= 4 is 27.3 Å². The monoisotopic (exact) mass is 316 g/mol. The Bertz CT molecular complexity index is 719. The first-order valence-corrected chi connectivity index (χ1v) is 7.80. The molecule has 8 nitrogen and oxygen atoms in total. The lowest BCUT2D eigenvalue weighted by atomic mass is 10.4. The maximum Gasteiger partial charge on any atom is 0.358 e. The van der Waals surface area contributed by atoms with E-state index in [0.717, 1.165) is 11.3 Å². The standard InChI is InChI=1S/C10H12N4O4S2/c1-14-7(3-4-12-14)5-13-20(16,17)10-8(9(15)18-2)11-6-19-10/h3-4,6,13H,5H2,1-2H3. The molecule has 0 unspecified atom stereocenters. The number of hydrogen-bond acceptors (Lipinski definition) is 7. The Morgan fingerprint density at radius 2 is 2.30 bits per heavy atom. The Kier molecular flexibility index (Phi) is 4.16. The second-order valence-corrected chi connectivity index (χ2v) is 6.57. The first-order valence-electron chi connectivity index (χ1n) is 5.44. The van der Waals surface area contributed by atoms with E-state index >= 15 is 0 Å². The molecule has 0 saturated heterocycles. The summed E-state index contributed by atoms with van der Waals surface area (Å²) in [5.41, 5.74) is 1.76. The van der Waals surface area contributed by atoms with Crippen molar-refractivity contribution in [3.63, 3.8) is 0 Å². The van der Waals surface area contributed by atoms with Crippen LogP contribution in [0.15, 0.2) is 22.0 Å². The van der Waals surface area contributed by atoms with Crippen LogP contribution in [0.5, 0.6) is 0 Å². The molecular weight excluding hydrogens is 304 g/mol. The summed E-state index contributed by atoms with van der Waals surface area (Å²) in [6, 6.07) is 1.69. The van der Waals surface area contributed by atoms with E-state index in [0.29, 0.717) is 5.69 Å². The smallest absolute Gasteiger partial charge is 0.358 e. The normalized spacial score (nSPS) is 11.5. The minimum atomic E-state index is -3.83. The van der Waals surface area contributed by atoms with Gasteiger partial charge in [0.15, 0.2) is 9.90 Å². The van der Waals surface area contributed by atoms with E-state index in [-0.39, 0.29) is 16.4 Å². The molecular formula is C10H12N4O4S2. The van der Waals surface area contributed by atoms with Gasteiger partial charge in [0.1, 0.15) is 0 Å². The van der Waals surface area contributed by atoms with Crippen molar-refractivity contribution in [3.8, 4) is 0 Å². The number of hydrogen-bond donors (Lipinski definition) is 1. The van der Waals surface area contributed by atoms with Crippen LogP contribution >= 0.6 is 11.3 Å². The maximum absolute atomic E-state index is 12.2. The molecule has 0 aromatic carbocycles. The number of nitrogens with zero attached hydrogens (tertiary/aromatic N) is 3. The first kappa shape index (κ1) is 14.6. The van der Waals surface area contributed by atoms with E-state index < -0.39 is 16.0 Å².